The molecule has 0 aliphatic carbocycles. The standard InChI is InChI=1S/C7H9NO3S/c1-5-2-3-6(9)4-7(5)12(8,10)11/h2-4,9H,1H3,(H2,8,10,11). The van der Waals surface area contributed by atoms with Crippen LogP contribution >= 0.6 is 0 Å². The third-order valence-electron chi connectivity index (χ3n) is 1.48. The van der Waals surface area contributed by atoms with Gasteiger partial charge in [0.1, 0.15) is 5.75 Å². The number of phenolic OH excluding ortho intramolecular Hbond substituents is 1. The summed E-state index contributed by atoms with van der Waals surface area (Å²) in [7, 11) is -3.72. The van der Waals surface area contributed by atoms with E-state index in [2.05, 4.69) is 0 Å². The average Bonchev–Trinajstić information content (AvgIpc) is 1.92. The van der Waals surface area contributed by atoms with Gasteiger partial charge in [0.2, 0.25) is 10.0 Å². The average molecular weight is 187 g/mol. The first kappa shape index (κ1) is 9.02. The van der Waals surface area contributed by atoms with Crippen LogP contribution < -0.4 is 5.14 Å². The fourth-order valence-electron chi connectivity index (χ4n) is 0.895. The molecular formula is C7H9NO3S. The molecule has 0 saturated heterocycles. The van der Waals surface area contributed by atoms with Gasteiger partial charge in [-0.2, -0.15) is 0 Å². The van der Waals surface area contributed by atoms with Gasteiger partial charge in [-0.3, -0.25) is 0 Å². The second kappa shape index (κ2) is 2.76. The highest BCUT2D eigenvalue weighted by Crippen LogP contribution is 2.18. The first-order chi connectivity index (χ1) is 5.41. The lowest BCUT2D eigenvalue weighted by molar-refractivity contribution is 0.473. The SMILES string of the molecule is Cc1ccc(O)cc1S(N)(=O)=O. The van der Waals surface area contributed by atoms with E-state index in [0.29, 0.717) is 5.56 Å². The van der Waals surface area contributed by atoms with E-state index in [0.717, 1.165) is 6.07 Å². The van der Waals surface area contributed by atoms with Gasteiger partial charge in [-0.1, -0.05) is 6.07 Å². The molecule has 0 aliphatic rings. The summed E-state index contributed by atoms with van der Waals surface area (Å²) in [6.07, 6.45) is 0. The molecule has 0 bridgehead atoms. The Labute approximate surface area is 70.7 Å². The minimum absolute atomic E-state index is 0.0394. The predicted octanol–water partition coefficient (Wildman–Crippen LogP) is 0.348. The summed E-state index contributed by atoms with van der Waals surface area (Å²) in [6, 6.07) is 4.03. The fourth-order valence-corrected chi connectivity index (χ4v) is 1.70. The molecule has 0 amide bonds. The molecule has 0 spiro atoms. The Morgan fingerprint density at radius 2 is 2.00 bits per heavy atom. The highest BCUT2D eigenvalue weighted by atomic mass is 32.2. The quantitative estimate of drug-likeness (QED) is 0.665. The van der Waals surface area contributed by atoms with Crippen molar-refractivity contribution in [3.8, 4) is 5.75 Å². The van der Waals surface area contributed by atoms with E-state index in [-0.39, 0.29) is 10.6 Å². The number of aromatic hydroxyl groups is 1. The summed E-state index contributed by atoms with van der Waals surface area (Å²) < 4.78 is 21.7. The summed E-state index contributed by atoms with van der Waals surface area (Å²) in [5, 5.41) is 13.9. The van der Waals surface area contributed by atoms with Crippen molar-refractivity contribution >= 4 is 10.0 Å². The fraction of sp³-hybridized carbons (Fsp3) is 0.143. The summed E-state index contributed by atoms with van der Waals surface area (Å²) >= 11 is 0. The van der Waals surface area contributed by atoms with E-state index in [1.165, 1.54) is 12.1 Å². The second-order valence-corrected chi connectivity index (χ2v) is 4.02. The third-order valence-corrected chi connectivity index (χ3v) is 2.53. The largest absolute Gasteiger partial charge is 0.508 e. The maximum Gasteiger partial charge on any atom is 0.238 e. The molecule has 0 heterocycles. The summed E-state index contributed by atoms with van der Waals surface area (Å²) in [5.41, 5.74) is 0.523. The number of primary sulfonamides is 1. The van der Waals surface area contributed by atoms with Crippen LogP contribution in [-0.2, 0) is 10.0 Å². The first-order valence-electron chi connectivity index (χ1n) is 3.23. The van der Waals surface area contributed by atoms with Gasteiger partial charge in [-0.05, 0) is 18.6 Å². The van der Waals surface area contributed by atoms with Crippen molar-refractivity contribution < 1.29 is 13.5 Å². The Kier molecular flexibility index (Phi) is 2.08. The number of nitrogens with two attached hydrogens (primary N) is 1. The van der Waals surface area contributed by atoms with Crippen LogP contribution in [0.2, 0.25) is 0 Å². The lowest BCUT2D eigenvalue weighted by Crippen LogP contribution is -2.13. The first-order valence-corrected chi connectivity index (χ1v) is 4.78. The number of rotatable bonds is 1. The number of phenols is 1. The van der Waals surface area contributed by atoms with Gasteiger partial charge in [-0.15, -0.1) is 0 Å². The van der Waals surface area contributed by atoms with Gasteiger partial charge >= 0.3 is 0 Å². The Morgan fingerprint density at radius 3 is 2.42 bits per heavy atom. The monoisotopic (exact) mass is 187 g/mol. The predicted molar refractivity (Wildman–Crippen MR) is 44.2 cm³/mol. The highest BCUT2D eigenvalue weighted by Gasteiger charge is 2.11. The summed E-state index contributed by atoms with van der Waals surface area (Å²) in [4.78, 5) is -0.0394. The molecule has 1 aromatic carbocycles. The van der Waals surface area contributed by atoms with Crippen molar-refractivity contribution in [3.63, 3.8) is 0 Å². The van der Waals surface area contributed by atoms with E-state index >= 15 is 0 Å². The number of hydrogen-bond donors (Lipinski definition) is 2. The Balaban J connectivity index is 3.43. The van der Waals surface area contributed by atoms with E-state index in [4.69, 9.17) is 10.2 Å². The van der Waals surface area contributed by atoms with Gasteiger partial charge in [0.25, 0.3) is 0 Å². The van der Waals surface area contributed by atoms with Crippen molar-refractivity contribution in [2.24, 2.45) is 5.14 Å². The van der Waals surface area contributed by atoms with Crippen LogP contribution in [0.5, 0.6) is 5.75 Å². The van der Waals surface area contributed by atoms with Gasteiger partial charge in [0, 0.05) is 6.07 Å². The maximum absolute atomic E-state index is 10.9. The Bertz CT molecular complexity index is 397. The van der Waals surface area contributed by atoms with Crippen molar-refractivity contribution in [1.29, 1.82) is 0 Å². The molecule has 0 unspecified atom stereocenters. The molecule has 0 fully saturated rings. The molecule has 5 heteroatoms. The van der Waals surface area contributed by atoms with Crippen LogP contribution in [0, 0.1) is 6.92 Å². The van der Waals surface area contributed by atoms with Crippen LogP contribution in [0.4, 0.5) is 0 Å². The number of aryl methyl sites for hydroxylation is 1. The zero-order valence-corrected chi connectivity index (χ0v) is 7.30. The van der Waals surface area contributed by atoms with Crippen LogP contribution in [-0.4, -0.2) is 13.5 Å². The normalized spacial score (nSPS) is 11.5. The number of benzene rings is 1. The minimum atomic E-state index is -3.72. The highest BCUT2D eigenvalue weighted by molar-refractivity contribution is 7.89. The molecule has 66 valence electrons. The molecule has 0 atom stereocenters. The lowest BCUT2D eigenvalue weighted by atomic mass is 10.2. The Hall–Kier alpha value is -1.07. The van der Waals surface area contributed by atoms with Crippen LogP contribution in [0.3, 0.4) is 0 Å². The maximum atomic E-state index is 10.9. The molecule has 0 radical (unpaired) electrons. The van der Waals surface area contributed by atoms with Crippen LogP contribution in [0.25, 0.3) is 0 Å². The van der Waals surface area contributed by atoms with Crippen molar-refractivity contribution in [3.05, 3.63) is 23.8 Å². The number of sulfonamides is 1. The van der Waals surface area contributed by atoms with E-state index in [1.807, 2.05) is 0 Å². The molecule has 1 aromatic rings. The second-order valence-electron chi connectivity index (χ2n) is 2.49. The molecule has 3 N–H and O–H groups in total. The lowest BCUT2D eigenvalue weighted by Gasteiger charge is -2.02. The zero-order chi connectivity index (χ0) is 9.35. The topological polar surface area (TPSA) is 80.4 Å². The molecule has 1 rings (SSSR count). The number of hydrogen-bond acceptors (Lipinski definition) is 3. The van der Waals surface area contributed by atoms with Crippen molar-refractivity contribution in [1.82, 2.24) is 0 Å². The smallest absolute Gasteiger partial charge is 0.238 e. The molecule has 0 saturated carbocycles. The van der Waals surface area contributed by atoms with Gasteiger partial charge in [-0.25, -0.2) is 13.6 Å². The third kappa shape index (κ3) is 1.75. The van der Waals surface area contributed by atoms with E-state index < -0.39 is 10.0 Å². The van der Waals surface area contributed by atoms with Crippen molar-refractivity contribution in [2.75, 3.05) is 0 Å². The molecule has 12 heavy (non-hydrogen) atoms. The minimum Gasteiger partial charge on any atom is -0.508 e. The van der Waals surface area contributed by atoms with E-state index in [1.54, 1.807) is 6.92 Å². The zero-order valence-electron chi connectivity index (χ0n) is 6.48. The molecular weight excluding hydrogens is 178 g/mol. The molecule has 0 aromatic heterocycles. The summed E-state index contributed by atoms with van der Waals surface area (Å²) in [6.45, 7) is 1.61. The molecule has 4 nitrogen and oxygen atoms in total. The van der Waals surface area contributed by atoms with Gasteiger partial charge in [0.15, 0.2) is 0 Å². The molecule has 0 aliphatic heterocycles. The van der Waals surface area contributed by atoms with Crippen LogP contribution in [0.15, 0.2) is 23.1 Å². The van der Waals surface area contributed by atoms with Crippen molar-refractivity contribution in [2.45, 2.75) is 11.8 Å². The van der Waals surface area contributed by atoms with E-state index in [9.17, 15) is 8.42 Å². The Morgan fingerprint density at radius 1 is 1.42 bits per heavy atom. The van der Waals surface area contributed by atoms with Crippen LogP contribution in [0.1, 0.15) is 5.56 Å². The van der Waals surface area contributed by atoms with Gasteiger partial charge in [0.05, 0.1) is 4.90 Å². The summed E-state index contributed by atoms with van der Waals surface area (Å²) in [5.74, 6) is -0.107. The van der Waals surface area contributed by atoms with Gasteiger partial charge < -0.3 is 5.11 Å².